The molecule has 1 N–H and O–H groups in total. The maximum Gasteiger partial charge on any atom is 0.266 e. The molecule has 3 aromatic carbocycles. The van der Waals surface area contributed by atoms with Crippen molar-refractivity contribution in [1.29, 1.82) is 0 Å². The Labute approximate surface area is 183 Å². The third-order valence-electron chi connectivity index (χ3n) is 5.76. The number of nitrogens with zero attached hydrogens (tertiary/aromatic N) is 2. The Hall–Kier alpha value is -3.91. The Bertz CT molecular complexity index is 1180. The summed E-state index contributed by atoms with van der Waals surface area (Å²) in [7, 11) is 1.43. The Kier molecular flexibility index (Phi) is 4.79. The summed E-state index contributed by atoms with van der Waals surface area (Å²) < 4.78 is 18.6. The molecular weight excluding hydrogens is 415 g/mol. The average molecular weight is 434 g/mol. The highest BCUT2D eigenvalue weighted by Gasteiger charge is 2.60. The largest absolute Gasteiger partial charge is 0.504 e. The van der Waals surface area contributed by atoms with E-state index in [4.69, 9.17) is 9.57 Å². The molecule has 2 amide bonds. The monoisotopic (exact) mass is 434 g/mol. The number of amides is 2. The highest BCUT2D eigenvalue weighted by Crippen LogP contribution is 2.48. The lowest BCUT2D eigenvalue weighted by atomic mass is 9.90. The minimum atomic E-state index is -1.04. The molecule has 0 bridgehead atoms. The van der Waals surface area contributed by atoms with Crippen molar-refractivity contribution in [3.8, 4) is 11.5 Å². The van der Waals surface area contributed by atoms with Crippen LogP contribution in [0.1, 0.15) is 11.6 Å². The summed E-state index contributed by atoms with van der Waals surface area (Å²) in [5, 5.41) is 11.6. The smallest absolute Gasteiger partial charge is 0.266 e. The molecule has 0 saturated carbocycles. The number of imide groups is 1. The normalized spacial score (nSPS) is 22.4. The molecule has 32 heavy (non-hydrogen) atoms. The van der Waals surface area contributed by atoms with E-state index in [0.717, 1.165) is 4.90 Å². The van der Waals surface area contributed by atoms with E-state index in [9.17, 15) is 19.1 Å². The highest BCUT2D eigenvalue weighted by atomic mass is 19.1. The zero-order valence-corrected chi connectivity index (χ0v) is 17.0. The minimum absolute atomic E-state index is 0.0419. The first kappa shape index (κ1) is 20.0. The Morgan fingerprint density at radius 3 is 2.34 bits per heavy atom. The van der Waals surface area contributed by atoms with Crippen molar-refractivity contribution >= 4 is 23.2 Å². The number of fused-ring (bicyclic) bond motifs is 1. The van der Waals surface area contributed by atoms with E-state index >= 15 is 0 Å². The SMILES string of the molecule is COc1cc([C@H]2[C@@H]3C(=O)N(c4ccc(F)cc4)C(=O)[C@H]3ON2c2ccccc2)ccc1O. The number of para-hydroxylation sites is 1. The van der Waals surface area contributed by atoms with E-state index in [1.807, 2.05) is 30.3 Å². The zero-order valence-electron chi connectivity index (χ0n) is 17.0. The summed E-state index contributed by atoms with van der Waals surface area (Å²) >= 11 is 0. The van der Waals surface area contributed by atoms with Gasteiger partial charge in [0.25, 0.3) is 5.91 Å². The van der Waals surface area contributed by atoms with Gasteiger partial charge in [-0.2, -0.15) is 0 Å². The Morgan fingerprint density at radius 1 is 0.938 bits per heavy atom. The molecule has 3 atom stereocenters. The van der Waals surface area contributed by atoms with Gasteiger partial charge in [-0.05, 0) is 54.1 Å². The molecule has 5 rings (SSSR count). The number of hydrogen-bond donors (Lipinski definition) is 1. The van der Waals surface area contributed by atoms with E-state index in [2.05, 4.69) is 0 Å². The number of benzene rings is 3. The maximum atomic E-state index is 13.5. The van der Waals surface area contributed by atoms with Gasteiger partial charge in [0.1, 0.15) is 11.7 Å². The number of phenols is 1. The van der Waals surface area contributed by atoms with E-state index in [0.29, 0.717) is 11.3 Å². The van der Waals surface area contributed by atoms with Crippen molar-refractivity contribution < 1.29 is 28.7 Å². The van der Waals surface area contributed by atoms with Crippen molar-refractivity contribution in [2.24, 2.45) is 5.92 Å². The van der Waals surface area contributed by atoms with Gasteiger partial charge in [0.05, 0.1) is 24.5 Å². The van der Waals surface area contributed by atoms with Crippen LogP contribution in [0.3, 0.4) is 0 Å². The number of aromatic hydroxyl groups is 1. The van der Waals surface area contributed by atoms with Gasteiger partial charge in [-0.1, -0.05) is 24.3 Å². The van der Waals surface area contributed by atoms with E-state index in [-0.39, 0.29) is 17.2 Å². The van der Waals surface area contributed by atoms with Crippen molar-refractivity contribution in [1.82, 2.24) is 0 Å². The number of methoxy groups -OCH3 is 1. The number of carbonyl (C=O) groups is 2. The minimum Gasteiger partial charge on any atom is -0.504 e. The molecule has 3 aromatic rings. The fourth-order valence-electron chi connectivity index (χ4n) is 4.28. The van der Waals surface area contributed by atoms with Gasteiger partial charge in [-0.3, -0.25) is 14.4 Å². The van der Waals surface area contributed by atoms with Crippen molar-refractivity contribution in [3.05, 3.63) is 84.2 Å². The average Bonchev–Trinajstić information content (AvgIpc) is 3.32. The quantitative estimate of drug-likeness (QED) is 0.633. The predicted octanol–water partition coefficient (Wildman–Crippen LogP) is 3.59. The first-order valence-electron chi connectivity index (χ1n) is 10.0. The Balaban J connectivity index is 1.60. The molecule has 0 spiro atoms. The van der Waals surface area contributed by atoms with Crippen molar-refractivity contribution in [2.75, 3.05) is 17.1 Å². The molecular formula is C24H19FN2O5. The molecule has 2 fully saturated rings. The van der Waals surface area contributed by atoms with Gasteiger partial charge < -0.3 is 9.84 Å². The van der Waals surface area contributed by atoms with Gasteiger partial charge in [0.15, 0.2) is 17.6 Å². The third kappa shape index (κ3) is 3.07. The molecule has 2 heterocycles. The standard InChI is InChI=1S/C24H19FN2O5/c1-31-19-13-14(7-12-18(19)28)21-20-22(32-27(21)17-5-3-2-4-6-17)24(30)26(23(20)29)16-10-8-15(25)9-11-16/h2-13,20-22,28H,1H3/t20-,21-,22-/m0/s1. The van der Waals surface area contributed by atoms with Gasteiger partial charge in [0, 0.05) is 0 Å². The lowest BCUT2D eigenvalue weighted by Gasteiger charge is -2.29. The Morgan fingerprint density at radius 2 is 1.66 bits per heavy atom. The van der Waals surface area contributed by atoms with Crippen LogP contribution in [-0.2, 0) is 14.4 Å². The van der Waals surface area contributed by atoms with Crippen LogP contribution in [0.5, 0.6) is 11.5 Å². The summed E-state index contributed by atoms with van der Waals surface area (Å²) in [6.07, 6.45) is -1.04. The van der Waals surface area contributed by atoms with Crippen LogP contribution >= 0.6 is 0 Å². The number of rotatable bonds is 4. The number of hydroxylamine groups is 1. The number of anilines is 2. The lowest BCUT2D eigenvalue weighted by molar-refractivity contribution is -0.126. The van der Waals surface area contributed by atoms with Crippen LogP contribution in [-0.4, -0.2) is 30.1 Å². The second-order valence-electron chi connectivity index (χ2n) is 7.58. The molecule has 2 saturated heterocycles. The summed E-state index contributed by atoms with van der Waals surface area (Å²) in [5.74, 6) is -2.07. The molecule has 7 nitrogen and oxygen atoms in total. The molecule has 8 heteroatoms. The fraction of sp³-hybridized carbons (Fsp3) is 0.167. The molecule has 162 valence electrons. The van der Waals surface area contributed by atoms with Crippen molar-refractivity contribution in [2.45, 2.75) is 12.1 Å². The van der Waals surface area contributed by atoms with Crippen LogP contribution in [0.4, 0.5) is 15.8 Å². The van der Waals surface area contributed by atoms with E-state index in [1.54, 1.807) is 17.2 Å². The number of ether oxygens (including phenoxy) is 1. The predicted molar refractivity (Wildman–Crippen MR) is 114 cm³/mol. The van der Waals surface area contributed by atoms with Crippen molar-refractivity contribution in [3.63, 3.8) is 0 Å². The van der Waals surface area contributed by atoms with Gasteiger partial charge >= 0.3 is 0 Å². The van der Waals surface area contributed by atoms with Crippen LogP contribution in [0.2, 0.25) is 0 Å². The van der Waals surface area contributed by atoms with E-state index < -0.39 is 35.7 Å². The molecule has 2 aliphatic heterocycles. The first-order chi connectivity index (χ1) is 15.5. The second kappa shape index (κ2) is 7.65. The summed E-state index contributed by atoms with van der Waals surface area (Å²) in [6, 6.07) is 18.4. The number of hydrogen-bond acceptors (Lipinski definition) is 6. The summed E-state index contributed by atoms with van der Waals surface area (Å²) in [5.41, 5.74) is 1.60. The lowest BCUT2D eigenvalue weighted by Crippen LogP contribution is -2.37. The fourth-order valence-corrected chi connectivity index (χ4v) is 4.28. The molecule has 0 unspecified atom stereocenters. The molecule has 0 radical (unpaired) electrons. The zero-order chi connectivity index (χ0) is 22.4. The first-order valence-corrected chi connectivity index (χ1v) is 10.0. The second-order valence-corrected chi connectivity index (χ2v) is 7.58. The number of carbonyl (C=O) groups excluding carboxylic acids is 2. The van der Waals surface area contributed by atoms with Crippen LogP contribution in [0.15, 0.2) is 72.8 Å². The van der Waals surface area contributed by atoms with Crippen LogP contribution < -0.4 is 14.7 Å². The number of phenolic OH excluding ortho intramolecular Hbond substituents is 1. The van der Waals surface area contributed by atoms with Gasteiger partial charge in [-0.25, -0.2) is 14.4 Å². The third-order valence-corrected chi connectivity index (χ3v) is 5.76. The van der Waals surface area contributed by atoms with Gasteiger partial charge in [0.2, 0.25) is 5.91 Å². The van der Waals surface area contributed by atoms with Crippen LogP contribution in [0, 0.1) is 11.7 Å². The van der Waals surface area contributed by atoms with E-state index in [1.165, 1.54) is 37.4 Å². The topological polar surface area (TPSA) is 79.3 Å². The molecule has 0 aromatic heterocycles. The highest BCUT2D eigenvalue weighted by molar-refractivity contribution is 6.23. The summed E-state index contributed by atoms with van der Waals surface area (Å²) in [6.45, 7) is 0. The van der Waals surface area contributed by atoms with Crippen LogP contribution in [0.25, 0.3) is 0 Å². The maximum absolute atomic E-state index is 13.5. The number of halogens is 1. The molecule has 2 aliphatic rings. The van der Waals surface area contributed by atoms with Gasteiger partial charge in [-0.15, -0.1) is 0 Å². The molecule has 0 aliphatic carbocycles. The summed E-state index contributed by atoms with van der Waals surface area (Å²) in [4.78, 5) is 33.8.